The summed E-state index contributed by atoms with van der Waals surface area (Å²) in [5.74, 6) is 0. The molecule has 0 aliphatic rings. The van der Waals surface area contributed by atoms with Gasteiger partial charge in [0, 0.05) is 19.4 Å². The second-order valence-electron chi connectivity index (χ2n) is 3.22. The minimum Gasteiger partial charge on any atom is -0.393 e. The van der Waals surface area contributed by atoms with Gasteiger partial charge in [-0.25, -0.2) is 0 Å². The van der Waals surface area contributed by atoms with Gasteiger partial charge in [0.25, 0.3) is 0 Å². The van der Waals surface area contributed by atoms with Gasteiger partial charge in [-0.3, -0.25) is 0 Å². The molecule has 0 saturated carbocycles. The predicted octanol–water partition coefficient (Wildman–Crippen LogP) is 1.83. The second-order valence-corrected chi connectivity index (χ2v) is 5.15. The third kappa shape index (κ3) is 1.95. The lowest BCUT2D eigenvalue weighted by molar-refractivity contribution is 0.292. The Kier molecular flexibility index (Phi) is 3.16. The van der Waals surface area contributed by atoms with Gasteiger partial charge in [0.05, 0.1) is 0 Å². The van der Waals surface area contributed by atoms with E-state index in [0.717, 1.165) is 0 Å². The zero-order valence-corrected chi connectivity index (χ0v) is 9.86. The Hall–Kier alpha value is -1.16. The van der Waals surface area contributed by atoms with E-state index in [9.17, 15) is 0 Å². The van der Waals surface area contributed by atoms with Crippen molar-refractivity contribution < 1.29 is 8.85 Å². The molecule has 2 aromatic carbocycles. The van der Waals surface area contributed by atoms with Gasteiger partial charge < -0.3 is 8.85 Å². The molecule has 0 aromatic heterocycles. The molecule has 0 amide bonds. The summed E-state index contributed by atoms with van der Waals surface area (Å²) in [6.45, 7) is 0. The third-order valence-corrected chi connectivity index (χ3v) is 4.00. The van der Waals surface area contributed by atoms with E-state index < -0.39 is 9.28 Å². The highest BCUT2D eigenvalue weighted by molar-refractivity contribution is 6.64. The molecule has 0 N–H and O–H groups in total. The lowest BCUT2D eigenvalue weighted by Gasteiger charge is -2.11. The maximum Gasteiger partial charge on any atom is 0.423 e. The van der Waals surface area contributed by atoms with Crippen LogP contribution in [0.2, 0.25) is 0 Å². The van der Waals surface area contributed by atoms with Crippen LogP contribution in [-0.4, -0.2) is 23.5 Å². The number of hydrogen-bond donors (Lipinski definition) is 0. The SMILES string of the molecule is CO[Si](OC)c1cccc2ccccc12. The van der Waals surface area contributed by atoms with Crippen LogP contribution in [0, 0.1) is 0 Å². The summed E-state index contributed by atoms with van der Waals surface area (Å²) in [5.41, 5.74) is 0. The molecule has 0 atom stereocenters. The van der Waals surface area contributed by atoms with Gasteiger partial charge in [-0.15, -0.1) is 0 Å². The van der Waals surface area contributed by atoms with E-state index in [1.54, 1.807) is 14.2 Å². The van der Waals surface area contributed by atoms with Crippen LogP contribution in [0.3, 0.4) is 0 Å². The molecule has 2 aromatic rings. The van der Waals surface area contributed by atoms with E-state index in [4.69, 9.17) is 8.85 Å². The Labute approximate surface area is 91.3 Å². The van der Waals surface area contributed by atoms with Crippen molar-refractivity contribution in [2.75, 3.05) is 14.2 Å². The number of rotatable bonds is 3. The van der Waals surface area contributed by atoms with Crippen molar-refractivity contribution in [2.24, 2.45) is 0 Å². The largest absolute Gasteiger partial charge is 0.423 e. The maximum absolute atomic E-state index is 5.37. The molecule has 0 heterocycles. The summed E-state index contributed by atoms with van der Waals surface area (Å²) in [6, 6.07) is 14.5. The monoisotopic (exact) mass is 217 g/mol. The fourth-order valence-electron chi connectivity index (χ4n) is 1.71. The van der Waals surface area contributed by atoms with Crippen LogP contribution in [0.1, 0.15) is 0 Å². The lowest BCUT2D eigenvalue weighted by atomic mass is 10.1. The molecule has 0 aliphatic carbocycles. The van der Waals surface area contributed by atoms with Crippen LogP contribution in [-0.2, 0) is 8.85 Å². The van der Waals surface area contributed by atoms with Crippen molar-refractivity contribution in [2.45, 2.75) is 0 Å². The van der Waals surface area contributed by atoms with Gasteiger partial charge in [-0.1, -0.05) is 42.5 Å². The first-order valence-corrected chi connectivity index (χ1v) is 6.11. The van der Waals surface area contributed by atoms with Crippen LogP contribution in [0.25, 0.3) is 10.8 Å². The Bertz CT molecular complexity index is 447. The van der Waals surface area contributed by atoms with Gasteiger partial charge >= 0.3 is 9.28 Å². The zero-order chi connectivity index (χ0) is 10.7. The van der Waals surface area contributed by atoms with E-state index in [2.05, 4.69) is 24.3 Å². The van der Waals surface area contributed by atoms with E-state index >= 15 is 0 Å². The second kappa shape index (κ2) is 4.57. The standard InChI is InChI=1S/C12H13O2Si/c1-13-15(14-2)12-9-5-7-10-6-3-4-8-11(10)12/h3-9H,1-2H3. The Balaban J connectivity index is 2.59. The van der Waals surface area contributed by atoms with Gasteiger partial charge in [0.2, 0.25) is 0 Å². The molecule has 77 valence electrons. The number of hydrogen-bond acceptors (Lipinski definition) is 2. The Morgan fingerprint density at radius 2 is 1.53 bits per heavy atom. The molecule has 2 rings (SSSR count). The van der Waals surface area contributed by atoms with Gasteiger partial charge in [-0.2, -0.15) is 0 Å². The van der Waals surface area contributed by atoms with Crippen molar-refractivity contribution >= 4 is 25.2 Å². The summed E-state index contributed by atoms with van der Waals surface area (Å²) in [7, 11) is 2.06. The van der Waals surface area contributed by atoms with E-state index in [1.807, 2.05) is 18.2 Å². The molecule has 15 heavy (non-hydrogen) atoms. The molecule has 2 nitrogen and oxygen atoms in total. The summed E-state index contributed by atoms with van der Waals surface area (Å²) >= 11 is 0. The molecule has 0 unspecified atom stereocenters. The predicted molar refractivity (Wildman–Crippen MR) is 63.4 cm³/mol. The first-order valence-electron chi connectivity index (χ1n) is 4.80. The average Bonchev–Trinajstić information content (AvgIpc) is 2.31. The summed E-state index contributed by atoms with van der Waals surface area (Å²) in [4.78, 5) is 0. The lowest BCUT2D eigenvalue weighted by Crippen LogP contribution is -2.35. The first kappa shape index (κ1) is 10.4. The normalized spacial score (nSPS) is 11.1. The van der Waals surface area contributed by atoms with Crippen LogP contribution in [0.5, 0.6) is 0 Å². The molecular weight excluding hydrogens is 204 g/mol. The smallest absolute Gasteiger partial charge is 0.393 e. The summed E-state index contributed by atoms with van der Waals surface area (Å²) in [6.07, 6.45) is 0. The first-order chi connectivity index (χ1) is 7.36. The molecule has 0 spiro atoms. The molecule has 3 heteroatoms. The van der Waals surface area contributed by atoms with Crippen molar-refractivity contribution in [1.29, 1.82) is 0 Å². The minimum atomic E-state index is -1.33. The topological polar surface area (TPSA) is 18.5 Å². The zero-order valence-electron chi connectivity index (χ0n) is 8.86. The molecular formula is C12H13O2Si. The van der Waals surface area contributed by atoms with Gasteiger partial charge in [0.1, 0.15) is 0 Å². The Morgan fingerprint density at radius 1 is 0.867 bits per heavy atom. The van der Waals surface area contributed by atoms with Crippen LogP contribution in [0.4, 0.5) is 0 Å². The van der Waals surface area contributed by atoms with Crippen molar-refractivity contribution in [3.8, 4) is 0 Å². The highest BCUT2D eigenvalue weighted by Crippen LogP contribution is 2.11. The maximum atomic E-state index is 5.37. The highest BCUT2D eigenvalue weighted by Gasteiger charge is 2.17. The summed E-state index contributed by atoms with van der Waals surface area (Å²) < 4.78 is 10.7. The minimum absolute atomic E-state index is 1.17. The van der Waals surface area contributed by atoms with Crippen LogP contribution in [0.15, 0.2) is 42.5 Å². The van der Waals surface area contributed by atoms with E-state index in [0.29, 0.717) is 0 Å². The van der Waals surface area contributed by atoms with Gasteiger partial charge in [0.15, 0.2) is 0 Å². The molecule has 0 aliphatic heterocycles. The van der Waals surface area contributed by atoms with Crippen LogP contribution < -0.4 is 5.19 Å². The molecule has 0 saturated heterocycles. The van der Waals surface area contributed by atoms with E-state index in [1.165, 1.54) is 16.0 Å². The molecule has 1 radical (unpaired) electrons. The average molecular weight is 217 g/mol. The fourth-order valence-corrected chi connectivity index (χ4v) is 2.99. The number of fused-ring (bicyclic) bond motifs is 1. The van der Waals surface area contributed by atoms with Gasteiger partial charge in [-0.05, 0) is 10.8 Å². The Morgan fingerprint density at radius 3 is 2.27 bits per heavy atom. The number of benzene rings is 2. The summed E-state index contributed by atoms with van der Waals surface area (Å²) in [5, 5.41) is 3.62. The third-order valence-electron chi connectivity index (χ3n) is 2.38. The van der Waals surface area contributed by atoms with Crippen molar-refractivity contribution in [3.63, 3.8) is 0 Å². The van der Waals surface area contributed by atoms with Crippen LogP contribution >= 0.6 is 0 Å². The fraction of sp³-hybridized carbons (Fsp3) is 0.167. The molecule has 0 bridgehead atoms. The molecule has 0 fully saturated rings. The van der Waals surface area contributed by atoms with E-state index in [-0.39, 0.29) is 0 Å². The van der Waals surface area contributed by atoms with Crippen molar-refractivity contribution in [3.05, 3.63) is 42.5 Å². The van der Waals surface area contributed by atoms with Crippen molar-refractivity contribution in [1.82, 2.24) is 0 Å². The quantitative estimate of drug-likeness (QED) is 0.730. The highest BCUT2D eigenvalue weighted by atomic mass is 28.3.